The summed E-state index contributed by atoms with van der Waals surface area (Å²) in [5.41, 5.74) is 0.585. The molecule has 0 aromatic heterocycles. The normalized spacial score (nSPS) is 30.5. The molecular formula is C19H28ClN3O5. The van der Waals surface area contributed by atoms with Gasteiger partial charge in [-0.15, -0.1) is 0 Å². The van der Waals surface area contributed by atoms with Crippen LogP contribution < -0.4 is 10.6 Å². The van der Waals surface area contributed by atoms with Crippen LogP contribution in [0.15, 0.2) is 24.3 Å². The zero-order valence-electron chi connectivity index (χ0n) is 15.9. The van der Waals surface area contributed by atoms with Crippen molar-refractivity contribution in [2.45, 2.75) is 43.2 Å². The highest BCUT2D eigenvalue weighted by atomic mass is 35.5. The van der Waals surface area contributed by atoms with E-state index < -0.39 is 18.3 Å². The minimum Gasteiger partial charge on any atom is -0.394 e. The molecule has 8 nitrogen and oxygen atoms in total. The van der Waals surface area contributed by atoms with Gasteiger partial charge < -0.3 is 30.3 Å². The average molecular weight is 414 g/mol. The number of benzene rings is 1. The van der Waals surface area contributed by atoms with Gasteiger partial charge in [0, 0.05) is 30.4 Å². The maximum Gasteiger partial charge on any atom is 0.319 e. The predicted molar refractivity (Wildman–Crippen MR) is 106 cm³/mol. The molecule has 0 bridgehead atoms. The summed E-state index contributed by atoms with van der Waals surface area (Å²) in [6.45, 7) is 1.33. The largest absolute Gasteiger partial charge is 0.394 e. The van der Waals surface area contributed by atoms with Crippen LogP contribution in [0.1, 0.15) is 12.8 Å². The van der Waals surface area contributed by atoms with E-state index in [1.54, 1.807) is 31.4 Å². The van der Waals surface area contributed by atoms with Gasteiger partial charge in [0.25, 0.3) is 0 Å². The molecule has 0 aliphatic carbocycles. The van der Waals surface area contributed by atoms with Crippen LogP contribution >= 0.6 is 11.6 Å². The second kappa shape index (κ2) is 9.87. The number of nitrogens with one attached hydrogen (secondary N) is 2. The van der Waals surface area contributed by atoms with Gasteiger partial charge in [-0.05, 0) is 37.6 Å². The van der Waals surface area contributed by atoms with E-state index in [1.807, 2.05) is 0 Å². The number of carbonyl (C=O) groups excluding carboxylic acids is 1. The van der Waals surface area contributed by atoms with Crippen molar-refractivity contribution in [3.63, 3.8) is 0 Å². The van der Waals surface area contributed by atoms with Crippen molar-refractivity contribution in [1.29, 1.82) is 0 Å². The highest BCUT2D eigenvalue weighted by Gasteiger charge is 2.48. The second-order valence-electron chi connectivity index (χ2n) is 7.21. The second-order valence-corrected chi connectivity index (χ2v) is 7.65. The fourth-order valence-corrected chi connectivity index (χ4v) is 4.30. The van der Waals surface area contributed by atoms with Crippen molar-refractivity contribution in [3.05, 3.63) is 29.3 Å². The Balaban J connectivity index is 1.62. The Morgan fingerprint density at radius 2 is 2.25 bits per heavy atom. The number of likely N-dealkylation sites (tertiary alicyclic amines) is 1. The van der Waals surface area contributed by atoms with Gasteiger partial charge in [0.1, 0.15) is 12.2 Å². The maximum absolute atomic E-state index is 12.2. The summed E-state index contributed by atoms with van der Waals surface area (Å²) in [6, 6.07) is 6.36. The van der Waals surface area contributed by atoms with Gasteiger partial charge in [-0.1, -0.05) is 17.7 Å². The third kappa shape index (κ3) is 4.94. The number of ether oxygens (including phenoxy) is 2. The molecule has 0 spiro atoms. The summed E-state index contributed by atoms with van der Waals surface area (Å²) in [6.07, 6.45) is 0.0590. The number of nitrogens with zero attached hydrogens (tertiary/aromatic N) is 1. The van der Waals surface area contributed by atoms with Crippen molar-refractivity contribution < 1.29 is 24.5 Å². The molecule has 2 aliphatic heterocycles. The van der Waals surface area contributed by atoms with Crippen molar-refractivity contribution in [1.82, 2.24) is 10.2 Å². The maximum atomic E-state index is 12.2. The topological polar surface area (TPSA) is 103 Å². The van der Waals surface area contributed by atoms with Gasteiger partial charge in [0.2, 0.25) is 0 Å². The molecule has 0 saturated carbocycles. The van der Waals surface area contributed by atoms with Crippen molar-refractivity contribution in [3.8, 4) is 0 Å². The van der Waals surface area contributed by atoms with Crippen LogP contribution in [-0.2, 0) is 9.47 Å². The number of urea groups is 1. The van der Waals surface area contributed by atoms with E-state index in [9.17, 15) is 15.0 Å². The first-order chi connectivity index (χ1) is 13.5. The van der Waals surface area contributed by atoms with E-state index >= 15 is 0 Å². The van der Waals surface area contributed by atoms with E-state index in [0.29, 0.717) is 17.3 Å². The quantitative estimate of drug-likeness (QED) is 0.533. The minimum absolute atomic E-state index is 0.188. The number of aliphatic hydroxyl groups is 2. The number of hydrogen-bond donors (Lipinski definition) is 4. The smallest absolute Gasteiger partial charge is 0.319 e. The molecule has 156 valence electrons. The van der Waals surface area contributed by atoms with Gasteiger partial charge in [0.15, 0.2) is 0 Å². The van der Waals surface area contributed by atoms with Crippen molar-refractivity contribution >= 4 is 23.3 Å². The Hall–Kier alpha value is -1.42. The van der Waals surface area contributed by atoms with Crippen LogP contribution in [0.2, 0.25) is 5.02 Å². The molecule has 1 aromatic carbocycles. The first-order valence-electron chi connectivity index (χ1n) is 9.53. The number of anilines is 1. The zero-order valence-corrected chi connectivity index (χ0v) is 16.6. The molecule has 0 radical (unpaired) electrons. The van der Waals surface area contributed by atoms with E-state index in [-0.39, 0.29) is 31.3 Å². The number of hydrogen-bond acceptors (Lipinski definition) is 6. The number of aliphatic hydroxyl groups excluding tert-OH is 2. The van der Waals surface area contributed by atoms with Crippen LogP contribution in [0.3, 0.4) is 0 Å². The fraction of sp³-hybridized carbons (Fsp3) is 0.632. The molecule has 2 fully saturated rings. The minimum atomic E-state index is -0.828. The summed E-state index contributed by atoms with van der Waals surface area (Å²) >= 11 is 5.93. The Labute approximate surface area is 169 Å². The lowest BCUT2D eigenvalue weighted by atomic mass is 10.0. The number of halogens is 1. The third-order valence-corrected chi connectivity index (χ3v) is 5.59. The molecule has 2 aliphatic rings. The number of rotatable bonds is 7. The van der Waals surface area contributed by atoms with E-state index in [4.69, 9.17) is 21.1 Å². The monoisotopic (exact) mass is 413 g/mol. The van der Waals surface area contributed by atoms with Gasteiger partial charge in [-0.3, -0.25) is 4.90 Å². The number of carbonyl (C=O) groups is 1. The molecule has 5 unspecified atom stereocenters. The number of amides is 2. The molecule has 3 rings (SSSR count). The van der Waals surface area contributed by atoms with Crippen LogP contribution in [0.4, 0.5) is 10.5 Å². The van der Waals surface area contributed by atoms with Gasteiger partial charge in [0.05, 0.1) is 25.4 Å². The lowest BCUT2D eigenvalue weighted by Gasteiger charge is -2.34. The molecule has 2 amide bonds. The standard InChI is InChI=1S/C19H28ClN3O5/c1-27-11-14-6-3-7-23(14)17-15(28-16(10-24)18(17)25)9-21-19(26)22-13-5-2-4-12(20)8-13/h2,4-5,8,14-18,24-25H,3,6-7,9-11H2,1H3,(H2,21,22,26). The SMILES string of the molecule is COCC1CCCN1C1C(CNC(=O)Nc2cccc(Cl)c2)OC(CO)C1O. The van der Waals surface area contributed by atoms with Crippen molar-refractivity contribution in [2.75, 3.05) is 38.7 Å². The van der Waals surface area contributed by atoms with Crippen LogP contribution in [0, 0.1) is 0 Å². The third-order valence-electron chi connectivity index (χ3n) is 5.35. The molecule has 28 heavy (non-hydrogen) atoms. The summed E-state index contributed by atoms with van der Waals surface area (Å²) in [5, 5.41) is 26.3. The summed E-state index contributed by atoms with van der Waals surface area (Å²) in [5.74, 6) is 0. The van der Waals surface area contributed by atoms with E-state index in [0.717, 1.165) is 19.4 Å². The van der Waals surface area contributed by atoms with E-state index in [2.05, 4.69) is 15.5 Å². The van der Waals surface area contributed by atoms with E-state index in [1.165, 1.54) is 0 Å². The van der Waals surface area contributed by atoms with Gasteiger partial charge in [-0.25, -0.2) is 4.79 Å². The molecule has 4 N–H and O–H groups in total. The molecule has 2 saturated heterocycles. The Bertz CT molecular complexity index is 664. The molecule has 1 aromatic rings. The molecular weight excluding hydrogens is 386 g/mol. The summed E-state index contributed by atoms with van der Waals surface area (Å²) < 4.78 is 11.2. The Morgan fingerprint density at radius 1 is 1.43 bits per heavy atom. The lowest BCUT2D eigenvalue weighted by Crippen LogP contribution is -2.53. The molecule has 2 heterocycles. The highest BCUT2D eigenvalue weighted by molar-refractivity contribution is 6.30. The Morgan fingerprint density at radius 3 is 2.96 bits per heavy atom. The van der Waals surface area contributed by atoms with Crippen molar-refractivity contribution in [2.24, 2.45) is 0 Å². The van der Waals surface area contributed by atoms with Crippen LogP contribution in [0.5, 0.6) is 0 Å². The summed E-state index contributed by atoms with van der Waals surface area (Å²) in [7, 11) is 1.66. The lowest BCUT2D eigenvalue weighted by molar-refractivity contribution is -0.0205. The number of methoxy groups -OCH3 is 1. The van der Waals surface area contributed by atoms with Crippen LogP contribution in [-0.4, -0.2) is 85.0 Å². The highest BCUT2D eigenvalue weighted by Crippen LogP contribution is 2.31. The van der Waals surface area contributed by atoms with Gasteiger partial charge in [-0.2, -0.15) is 0 Å². The van der Waals surface area contributed by atoms with Crippen LogP contribution in [0.25, 0.3) is 0 Å². The first kappa shape index (κ1) is 21.3. The predicted octanol–water partition coefficient (Wildman–Crippen LogP) is 1.06. The zero-order chi connectivity index (χ0) is 20.1. The van der Waals surface area contributed by atoms with Gasteiger partial charge >= 0.3 is 6.03 Å². The first-order valence-corrected chi connectivity index (χ1v) is 9.90. The Kier molecular flexibility index (Phi) is 7.50. The average Bonchev–Trinajstić information content (AvgIpc) is 3.24. The fourth-order valence-electron chi connectivity index (χ4n) is 4.11. The molecule has 5 atom stereocenters. The summed E-state index contributed by atoms with van der Waals surface area (Å²) in [4.78, 5) is 14.4. The molecule has 9 heteroatoms.